The van der Waals surface area contributed by atoms with E-state index in [4.69, 9.17) is 0 Å². The highest BCUT2D eigenvalue weighted by atomic mass is 19.4. The van der Waals surface area contributed by atoms with Gasteiger partial charge in [-0.1, -0.05) is 56.2 Å². The maximum atomic E-state index is 12.2. The lowest BCUT2D eigenvalue weighted by Crippen LogP contribution is -2.27. The second kappa shape index (κ2) is 7.52. The first-order chi connectivity index (χ1) is 12.3. The van der Waals surface area contributed by atoms with Crippen LogP contribution >= 0.6 is 0 Å². The standard InChI is InChI=1S/C21H21F3O2/c1-14-2-4-15(5-3-14)16-6-8-17(9-7-16)18-10-12-19(13-11-18)26-20(25)21(22,23)24/h6-15H,2-5H2,1H3. The third kappa shape index (κ3) is 4.45. The Bertz CT molecular complexity index is 740. The van der Waals surface area contributed by atoms with Gasteiger partial charge in [0.25, 0.3) is 0 Å². The van der Waals surface area contributed by atoms with Crippen molar-refractivity contribution in [3.05, 3.63) is 54.1 Å². The van der Waals surface area contributed by atoms with E-state index in [2.05, 4.69) is 23.8 Å². The molecule has 0 heterocycles. The molecule has 0 atom stereocenters. The smallest absolute Gasteiger partial charge is 0.420 e. The minimum atomic E-state index is -4.99. The molecule has 5 heteroatoms. The average molecular weight is 362 g/mol. The van der Waals surface area contributed by atoms with Gasteiger partial charge >= 0.3 is 12.1 Å². The van der Waals surface area contributed by atoms with Crippen molar-refractivity contribution in [3.63, 3.8) is 0 Å². The lowest BCUT2D eigenvalue weighted by atomic mass is 9.79. The number of ether oxygens (including phenoxy) is 1. The Morgan fingerprint density at radius 3 is 1.88 bits per heavy atom. The molecule has 0 unspecified atom stereocenters. The third-order valence-corrected chi connectivity index (χ3v) is 5.03. The number of carbonyl (C=O) groups excluding carboxylic acids is 1. The van der Waals surface area contributed by atoms with Crippen LogP contribution in [0.1, 0.15) is 44.1 Å². The first kappa shape index (κ1) is 18.5. The number of carbonyl (C=O) groups is 1. The van der Waals surface area contributed by atoms with Gasteiger partial charge in [-0.05, 0) is 53.5 Å². The predicted molar refractivity (Wildman–Crippen MR) is 93.9 cm³/mol. The highest BCUT2D eigenvalue weighted by molar-refractivity contribution is 5.78. The van der Waals surface area contributed by atoms with Gasteiger partial charge in [0.05, 0.1) is 0 Å². The Hall–Kier alpha value is -2.30. The van der Waals surface area contributed by atoms with Crippen LogP contribution in [-0.4, -0.2) is 12.1 Å². The van der Waals surface area contributed by atoms with Crippen molar-refractivity contribution in [3.8, 4) is 16.9 Å². The van der Waals surface area contributed by atoms with Crippen LogP contribution in [0.25, 0.3) is 11.1 Å². The second-order valence-electron chi connectivity index (χ2n) is 6.99. The van der Waals surface area contributed by atoms with Crippen molar-refractivity contribution >= 4 is 5.97 Å². The van der Waals surface area contributed by atoms with Crippen LogP contribution in [0, 0.1) is 5.92 Å². The number of alkyl halides is 3. The molecule has 0 amide bonds. The Morgan fingerprint density at radius 1 is 0.885 bits per heavy atom. The summed E-state index contributed by atoms with van der Waals surface area (Å²) in [7, 11) is 0. The molecule has 0 radical (unpaired) electrons. The molecule has 0 saturated heterocycles. The molecule has 0 spiro atoms. The molecular formula is C21H21F3O2. The highest BCUT2D eigenvalue weighted by Gasteiger charge is 2.41. The van der Waals surface area contributed by atoms with E-state index in [1.165, 1.54) is 43.4 Å². The van der Waals surface area contributed by atoms with Crippen molar-refractivity contribution in [2.75, 3.05) is 0 Å². The Balaban J connectivity index is 1.67. The van der Waals surface area contributed by atoms with E-state index in [9.17, 15) is 18.0 Å². The SMILES string of the molecule is CC1CCC(c2ccc(-c3ccc(OC(=O)C(F)(F)F)cc3)cc2)CC1. The van der Waals surface area contributed by atoms with Gasteiger partial charge < -0.3 is 4.74 Å². The first-order valence-electron chi connectivity index (χ1n) is 8.82. The zero-order valence-corrected chi connectivity index (χ0v) is 14.6. The van der Waals surface area contributed by atoms with Crippen LogP contribution in [0.3, 0.4) is 0 Å². The molecule has 1 aliphatic rings. The quantitative estimate of drug-likeness (QED) is 0.486. The van der Waals surface area contributed by atoms with Gasteiger partial charge in [0.15, 0.2) is 0 Å². The minimum absolute atomic E-state index is 0.121. The summed E-state index contributed by atoms with van der Waals surface area (Å²) in [6.45, 7) is 2.30. The van der Waals surface area contributed by atoms with E-state index in [0.29, 0.717) is 5.92 Å². The van der Waals surface area contributed by atoms with Gasteiger partial charge in [-0.25, -0.2) is 4.79 Å². The van der Waals surface area contributed by atoms with Crippen molar-refractivity contribution in [1.29, 1.82) is 0 Å². The zero-order chi connectivity index (χ0) is 18.7. The molecule has 2 aromatic rings. The molecule has 1 fully saturated rings. The van der Waals surface area contributed by atoms with E-state index >= 15 is 0 Å². The van der Waals surface area contributed by atoms with E-state index in [-0.39, 0.29) is 5.75 Å². The van der Waals surface area contributed by atoms with Gasteiger partial charge in [-0.3, -0.25) is 0 Å². The summed E-state index contributed by atoms with van der Waals surface area (Å²) in [5, 5.41) is 0. The molecule has 26 heavy (non-hydrogen) atoms. The van der Waals surface area contributed by atoms with Crippen LogP contribution in [0.15, 0.2) is 48.5 Å². The largest absolute Gasteiger partial charge is 0.491 e. The molecule has 1 aliphatic carbocycles. The molecule has 0 aromatic heterocycles. The molecule has 0 aliphatic heterocycles. The number of halogens is 3. The molecule has 0 N–H and O–H groups in total. The van der Waals surface area contributed by atoms with E-state index in [1.807, 2.05) is 12.1 Å². The number of rotatable bonds is 3. The zero-order valence-electron chi connectivity index (χ0n) is 14.6. The van der Waals surface area contributed by atoms with Crippen LogP contribution in [-0.2, 0) is 4.79 Å². The fourth-order valence-corrected chi connectivity index (χ4v) is 3.42. The molecule has 3 rings (SSSR count). The summed E-state index contributed by atoms with van der Waals surface area (Å²) in [6.07, 6.45) is -0.0139. The van der Waals surface area contributed by atoms with Crippen LogP contribution in [0.5, 0.6) is 5.75 Å². The van der Waals surface area contributed by atoms with Crippen LogP contribution in [0.4, 0.5) is 13.2 Å². The topological polar surface area (TPSA) is 26.3 Å². The molecular weight excluding hydrogens is 341 g/mol. The Labute approximate surface area is 151 Å². The molecule has 138 valence electrons. The van der Waals surface area contributed by atoms with Crippen molar-refractivity contribution < 1.29 is 22.7 Å². The van der Waals surface area contributed by atoms with Crippen molar-refractivity contribution in [2.45, 2.75) is 44.7 Å². The van der Waals surface area contributed by atoms with E-state index in [1.54, 1.807) is 12.1 Å². The van der Waals surface area contributed by atoms with Crippen LogP contribution < -0.4 is 4.74 Å². The summed E-state index contributed by atoms with van der Waals surface area (Å²) >= 11 is 0. The van der Waals surface area contributed by atoms with Gasteiger partial charge in [-0.15, -0.1) is 0 Å². The van der Waals surface area contributed by atoms with Gasteiger partial charge in [0, 0.05) is 0 Å². The van der Waals surface area contributed by atoms with Gasteiger partial charge in [0.1, 0.15) is 5.75 Å². The van der Waals surface area contributed by atoms with Crippen LogP contribution in [0.2, 0.25) is 0 Å². The number of hydrogen-bond donors (Lipinski definition) is 0. The number of benzene rings is 2. The fraction of sp³-hybridized carbons (Fsp3) is 0.381. The maximum absolute atomic E-state index is 12.2. The Morgan fingerprint density at radius 2 is 1.38 bits per heavy atom. The number of hydrogen-bond acceptors (Lipinski definition) is 2. The van der Waals surface area contributed by atoms with Gasteiger partial charge in [0.2, 0.25) is 0 Å². The van der Waals surface area contributed by atoms with E-state index < -0.39 is 12.1 Å². The molecule has 1 saturated carbocycles. The van der Waals surface area contributed by atoms with Crippen molar-refractivity contribution in [1.82, 2.24) is 0 Å². The highest BCUT2D eigenvalue weighted by Crippen LogP contribution is 2.36. The van der Waals surface area contributed by atoms with E-state index in [0.717, 1.165) is 17.0 Å². The van der Waals surface area contributed by atoms with Gasteiger partial charge in [-0.2, -0.15) is 13.2 Å². The predicted octanol–water partition coefficient (Wildman–Crippen LogP) is 6.12. The monoisotopic (exact) mass is 362 g/mol. The third-order valence-electron chi connectivity index (χ3n) is 5.03. The number of esters is 1. The summed E-state index contributed by atoms with van der Waals surface area (Å²) < 4.78 is 41.0. The molecule has 0 bridgehead atoms. The normalized spacial score (nSPS) is 20.6. The maximum Gasteiger partial charge on any atom is 0.491 e. The average Bonchev–Trinajstić information content (AvgIpc) is 2.62. The van der Waals surface area contributed by atoms with Crippen molar-refractivity contribution in [2.24, 2.45) is 5.92 Å². The summed E-state index contributed by atoms with van der Waals surface area (Å²) in [5.74, 6) is -0.902. The summed E-state index contributed by atoms with van der Waals surface area (Å²) in [5.41, 5.74) is 3.18. The first-order valence-corrected chi connectivity index (χ1v) is 8.82. The Kier molecular flexibility index (Phi) is 5.35. The fourth-order valence-electron chi connectivity index (χ4n) is 3.42. The summed E-state index contributed by atoms with van der Waals surface area (Å²) in [4.78, 5) is 10.8. The lowest BCUT2D eigenvalue weighted by molar-refractivity contribution is -0.189. The minimum Gasteiger partial charge on any atom is -0.420 e. The lowest BCUT2D eigenvalue weighted by Gasteiger charge is -2.26. The summed E-state index contributed by atoms with van der Waals surface area (Å²) in [6, 6.07) is 14.4. The second-order valence-corrected chi connectivity index (χ2v) is 6.99. The molecule has 2 aromatic carbocycles. The molecule has 2 nitrogen and oxygen atoms in total.